The zero-order valence-electron chi connectivity index (χ0n) is 13.4. The van der Waals surface area contributed by atoms with Crippen molar-refractivity contribution in [2.45, 2.75) is 18.4 Å². The lowest BCUT2D eigenvalue weighted by Gasteiger charge is -2.42. The highest BCUT2D eigenvalue weighted by atomic mass is 35.5. The fourth-order valence-electron chi connectivity index (χ4n) is 4.70. The third-order valence-corrected chi connectivity index (χ3v) is 6.11. The lowest BCUT2D eigenvalue weighted by atomic mass is 9.60. The predicted molar refractivity (Wildman–Crippen MR) is 94.8 cm³/mol. The van der Waals surface area contributed by atoms with E-state index in [4.69, 9.17) is 11.6 Å². The number of likely N-dealkylation sites (tertiary alicyclic amines) is 1. The van der Waals surface area contributed by atoms with Crippen LogP contribution in [0.3, 0.4) is 0 Å². The fraction of sp³-hybridized carbons (Fsp3) is 0.238. The van der Waals surface area contributed by atoms with Crippen molar-refractivity contribution in [3.63, 3.8) is 0 Å². The van der Waals surface area contributed by atoms with Gasteiger partial charge in [-0.2, -0.15) is 0 Å². The summed E-state index contributed by atoms with van der Waals surface area (Å²) in [7, 11) is 0. The number of rotatable bonds is 2. The number of allylic oxidation sites excluding steroid dienone is 2. The molecular weight excluding hydrogens is 334 g/mol. The standard InChI is InChI=1S/C21H16ClNO2/c22-16-10-15-13-8-4-5-9-14(13)17(16)19-18(15)20(24)23(21(19)25)11-12-6-2-1-3-7-12/h1-10,15,17-19H,11H2/t15-,17-,18-,19-/m0/s1. The van der Waals surface area contributed by atoms with E-state index in [1.807, 2.05) is 54.6 Å². The molecule has 2 aromatic rings. The van der Waals surface area contributed by atoms with Gasteiger partial charge in [-0.3, -0.25) is 14.5 Å². The van der Waals surface area contributed by atoms with Crippen molar-refractivity contribution in [2.24, 2.45) is 11.8 Å². The number of hydrogen-bond donors (Lipinski definition) is 0. The molecule has 1 saturated heterocycles. The Hall–Kier alpha value is -2.39. The molecular formula is C21H16ClNO2. The Labute approximate surface area is 150 Å². The van der Waals surface area contributed by atoms with Crippen LogP contribution in [0.4, 0.5) is 0 Å². The summed E-state index contributed by atoms with van der Waals surface area (Å²) in [6.07, 6.45) is 1.98. The fourth-order valence-corrected chi connectivity index (χ4v) is 5.09. The van der Waals surface area contributed by atoms with Gasteiger partial charge in [0.15, 0.2) is 0 Å². The van der Waals surface area contributed by atoms with Crippen molar-refractivity contribution in [3.05, 3.63) is 82.4 Å². The van der Waals surface area contributed by atoms with Gasteiger partial charge < -0.3 is 0 Å². The Balaban J connectivity index is 1.57. The summed E-state index contributed by atoms with van der Waals surface area (Å²) in [5, 5.41) is 0.702. The van der Waals surface area contributed by atoms with Crippen molar-refractivity contribution in [3.8, 4) is 0 Å². The molecule has 1 fully saturated rings. The molecule has 2 aromatic carbocycles. The Bertz CT molecular complexity index is 921. The van der Waals surface area contributed by atoms with Crippen LogP contribution in [-0.4, -0.2) is 16.7 Å². The normalized spacial score (nSPS) is 29.5. The average molecular weight is 350 g/mol. The van der Waals surface area contributed by atoms with E-state index in [1.54, 1.807) is 0 Å². The van der Waals surface area contributed by atoms with Crippen molar-refractivity contribution in [2.75, 3.05) is 0 Å². The number of carbonyl (C=O) groups is 2. The minimum atomic E-state index is -0.367. The smallest absolute Gasteiger partial charge is 0.234 e. The molecule has 2 bridgehead atoms. The molecule has 4 atom stereocenters. The monoisotopic (exact) mass is 349 g/mol. The van der Waals surface area contributed by atoms with Crippen molar-refractivity contribution in [1.82, 2.24) is 4.90 Å². The summed E-state index contributed by atoms with van der Waals surface area (Å²) in [6.45, 7) is 0.332. The van der Waals surface area contributed by atoms with E-state index in [1.165, 1.54) is 4.90 Å². The van der Waals surface area contributed by atoms with Crippen molar-refractivity contribution in [1.29, 1.82) is 0 Å². The lowest BCUT2D eigenvalue weighted by molar-refractivity contribution is -0.140. The van der Waals surface area contributed by atoms with Gasteiger partial charge in [0.05, 0.1) is 18.4 Å². The summed E-state index contributed by atoms with van der Waals surface area (Å²) >= 11 is 6.51. The molecule has 0 N–H and O–H groups in total. The number of halogens is 1. The van der Waals surface area contributed by atoms with E-state index < -0.39 is 0 Å². The van der Waals surface area contributed by atoms with E-state index in [0.29, 0.717) is 11.6 Å². The summed E-state index contributed by atoms with van der Waals surface area (Å²) in [5.74, 6) is -1.13. The molecule has 0 spiro atoms. The molecule has 0 aromatic heterocycles. The van der Waals surface area contributed by atoms with E-state index >= 15 is 0 Å². The van der Waals surface area contributed by atoms with Gasteiger partial charge in [-0.15, -0.1) is 0 Å². The molecule has 6 rings (SSSR count). The van der Waals surface area contributed by atoms with E-state index in [9.17, 15) is 9.59 Å². The van der Waals surface area contributed by atoms with Crippen LogP contribution in [0, 0.1) is 11.8 Å². The molecule has 4 aliphatic rings. The SMILES string of the molecule is O=C1[C@@H]2[C@@H](C(=O)N1Cc1ccccc1)[C@H]1C=C(Cl)[C@@H]2c2ccccc21. The second kappa shape index (κ2) is 5.30. The largest absolute Gasteiger partial charge is 0.278 e. The van der Waals surface area contributed by atoms with Crippen LogP contribution in [0.25, 0.3) is 0 Å². The van der Waals surface area contributed by atoms with Crippen LogP contribution >= 0.6 is 11.6 Å². The maximum Gasteiger partial charge on any atom is 0.234 e. The number of hydrogen-bond acceptors (Lipinski definition) is 2. The predicted octanol–water partition coefficient (Wildman–Crippen LogP) is 3.81. The van der Waals surface area contributed by atoms with E-state index in [0.717, 1.165) is 16.7 Å². The zero-order chi connectivity index (χ0) is 17.1. The van der Waals surface area contributed by atoms with Crippen LogP contribution < -0.4 is 0 Å². The molecule has 1 aliphatic heterocycles. The molecule has 1 heterocycles. The second-order valence-electron chi connectivity index (χ2n) is 6.98. The van der Waals surface area contributed by atoms with Crippen LogP contribution in [0.2, 0.25) is 0 Å². The summed E-state index contributed by atoms with van der Waals surface area (Å²) in [4.78, 5) is 27.6. The summed E-state index contributed by atoms with van der Waals surface area (Å²) in [6, 6.07) is 17.7. The van der Waals surface area contributed by atoms with Crippen LogP contribution in [-0.2, 0) is 16.1 Å². The third kappa shape index (κ3) is 1.99. The van der Waals surface area contributed by atoms with Gasteiger partial charge in [0.2, 0.25) is 11.8 Å². The molecule has 2 amide bonds. The number of benzene rings is 2. The number of nitrogens with zero attached hydrogens (tertiary/aromatic N) is 1. The average Bonchev–Trinajstić information content (AvgIpc) is 2.89. The highest BCUT2D eigenvalue weighted by Gasteiger charge is 2.59. The molecule has 0 radical (unpaired) electrons. The molecule has 0 unspecified atom stereocenters. The minimum absolute atomic E-state index is 0.0660. The molecule has 4 heteroatoms. The first kappa shape index (κ1) is 14.9. The Morgan fingerprint density at radius 3 is 2.24 bits per heavy atom. The first-order valence-electron chi connectivity index (χ1n) is 8.52. The van der Waals surface area contributed by atoms with Crippen molar-refractivity contribution < 1.29 is 9.59 Å². The number of imide groups is 1. The quantitative estimate of drug-likeness (QED) is 0.773. The van der Waals surface area contributed by atoms with Gasteiger partial charge in [0.1, 0.15) is 0 Å². The first-order valence-corrected chi connectivity index (χ1v) is 8.90. The molecule has 0 saturated carbocycles. The Morgan fingerprint density at radius 1 is 0.840 bits per heavy atom. The summed E-state index contributed by atoms with van der Waals surface area (Å²) in [5.41, 5.74) is 3.21. The number of amides is 2. The van der Waals surface area contributed by atoms with E-state index in [2.05, 4.69) is 6.07 Å². The van der Waals surface area contributed by atoms with Gasteiger partial charge in [-0.05, 0) is 16.7 Å². The minimum Gasteiger partial charge on any atom is -0.278 e. The second-order valence-corrected chi connectivity index (χ2v) is 7.42. The maximum atomic E-state index is 13.1. The maximum absolute atomic E-state index is 13.1. The van der Waals surface area contributed by atoms with Gasteiger partial charge in [-0.1, -0.05) is 72.3 Å². The highest BCUT2D eigenvalue weighted by Crippen LogP contribution is 2.59. The first-order chi connectivity index (χ1) is 12.2. The molecule has 3 aliphatic carbocycles. The van der Waals surface area contributed by atoms with Crippen LogP contribution in [0.5, 0.6) is 0 Å². The number of carbonyl (C=O) groups excluding carboxylic acids is 2. The molecule has 25 heavy (non-hydrogen) atoms. The van der Waals surface area contributed by atoms with Crippen molar-refractivity contribution >= 4 is 23.4 Å². The topological polar surface area (TPSA) is 37.4 Å². The molecule has 3 nitrogen and oxygen atoms in total. The Morgan fingerprint density at radius 2 is 1.48 bits per heavy atom. The summed E-state index contributed by atoms with van der Waals surface area (Å²) < 4.78 is 0. The highest BCUT2D eigenvalue weighted by molar-refractivity contribution is 6.31. The lowest BCUT2D eigenvalue weighted by Crippen LogP contribution is -2.38. The van der Waals surface area contributed by atoms with Gasteiger partial charge in [0, 0.05) is 16.9 Å². The molecule has 124 valence electrons. The van der Waals surface area contributed by atoms with Gasteiger partial charge in [-0.25, -0.2) is 0 Å². The van der Waals surface area contributed by atoms with Crippen LogP contribution in [0.15, 0.2) is 65.7 Å². The van der Waals surface area contributed by atoms with Gasteiger partial charge in [0.25, 0.3) is 0 Å². The zero-order valence-corrected chi connectivity index (χ0v) is 14.2. The third-order valence-electron chi connectivity index (χ3n) is 5.74. The Kier molecular flexibility index (Phi) is 3.16. The van der Waals surface area contributed by atoms with Crippen LogP contribution in [0.1, 0.15) is 28.5 Å². The van der Waals surface area contributed by atoms with Gasteiger partial charge >= 0.3 is 0 Å². The van der Waals surface area contributed by atoms with E-state index in [-0.39, 0.29) is 35.5 Å².